The lowest BCUT2D eigenvalue weighted by atomic mass is 10.3. The number of rotatable bonds is 3. The van der Waals surface area contributed by atoms with Crippen molar-refractivity contribution in [3.05, 3.63) is 35.4 Å². The van der Waals surface area contributed by atoms with Gasteiger partial charge in [0, 0.05) is 19.8 Å². The van der Waals surface area contributed by atoms with Crippen LogP contribution in [0.25, 0.3) is 0 Å². The van der Waals surface area contributed by atoms with Crippen LogP contribution < -0.4 is 0 Å². The third kappa shape index (κ3) is 4.73. The van der Waals surface area contributed by atoms with Gasteiger partial charge < -0.3 is 4.90 Å². The largest absolute Gasteiger partial charge is 0.378 e. The molecule has 0 rings (SSSR count). The van der Waals surface area contributed by atoms with Gasteiger partial charge in [-0.1, -0.05) is 12.7 Å². The van der Waals surface area contributed by atoms with Crippen molar-refractivity contribution in [3.63, 3.8) is 0 Å². The van der Waals surface area contributed by atoms with Crippen molar-refractivity contribution < 1.29 is 0 Å². The van der Waals surface area contributed by atoms with Crippen LogP contribution in [-0.2, 0) is 0 Å². The van der Waals surface area contributed by atoms with Gasteiger partial charge in [-0.25, -0.2) is 0 Å². The topological polar surface area (TPSA) is 3.24 Å². The first-order valence-electron chi connectivity index (χ1n) is 3.45. The van der Waals surface area contributed by atoms with Gasteiger partial charge in [-0.05, 0) is 24.0 Å². The molecule has 0 atom stereocenters. The molecule has 0 bridgehead atoms. The standard InChI is InChI=1S/C9H15NS/c1-5-6-9(10(3)4)7-8(2)11/h5-7,11H,1H2,2-4H3/b8-7+,9-6+. The number of likely N-dealkylation sites (N-methyl/N-ethyl adjacent to an activating group) is 1. The summed E-state index contributed by atoms with van der Waals surface area (Å²) < 4.78 is 0. The van der Waals surface area contributed by atoms with E-state index in [1.807, 2.05) is 38.1 Å². The number of hydrogen-bond acceptors (Lipinski definition) is 2. The summed E-state index contributed by atoms with van der Waals surface area (Å²) in [6.45, 7) is 5.58. The van der Waals surface area contributed by atoms with Crippen LogP contribution in [0.15, 0.2) is 35.4 Å². The van der Waals surface area contributed by atoms with Crippen LogP contribution in [0.5, 0.6) is 0 Å². The summed E-state index contributed by atoms with van der Waals surface area (Å²) in [6, 6.07) is 0. The third-order valence-corrected chi connectivity index (χ3v) is 1.29. The Kier molecular flexibility index (Phi) is 4.79. The second-order valence-electron chi connectivity index (χ2n) is 2.51. The Morgan fingerprint density at radius 3 is 2.27 bits per heavy atom. The van der Waals surface area contributed by atoms with Crippen LogP contribution in [0.3, 0.4) is 0 Å². The molecule has 0 aliphatic carbocycles. The quantitative estimate of drug-likeness (QED) is 0.501. The fourth-order valence-electron chi connectivity index (χ4n) is 0.661. The van der Waals surface area contributed by atoms with Gasteiger partial charge >= 0.3 is 0 Å². The zero-order valence-corrected chi connectivity index (χ0v) is 8.23. The highest BCUT2D eigenvalue weighted by Gasteiger charge is 1.92. The van der Waals surface area contributed by atoms with E-state index in [0.29, 0.717) is 0 Å². The molecule has 0 unspecified atom stereocenters. The molecule has 0 fully saturated rings. The first-order valence-corrected chi connectivity index (χ1v) is 3.90. The molecule has 0 heterocycles. The Morgan fingerprint density at radius 2 is 2.00 bits per heavy atom. The summed E-state index contributed by atoms with van der Waals surface area (Å²) in [4.78, 5) is 3.01. The number of thiol groups is 1. The molecule has 11 heavy (non-hydrogen) atoms. The first kappa shape index (κ1) is 10.4. The molecule has 0 amide bonds. The van der Waals surface area contributed by atoms with E-state index in [4.69, 9.17) is 0 Å². The minimum absolute atomic E-state index is 0.992. The van der Waals surface area contributed by atoms with E-state index in [-0.39, 0.29) is 0 Å². The van der Waals surface area contributed by atoms with Crippen LogP contribution in [0.1, 0.15) is 6.92 Å². The number of hydrogen-bond donors (Lipinski definition) is 1. The van der Waals surface area contributed by atoms with Gasteiger partial charge in [0.25, 0.3) is 0 Å². The lowest BCUT2D eigenvalue weighted by molar-refractivity contribution is 0.530. The molecular formula is C9H15NS. The summed E-state index contributed by atoms with van der Waals surface area (Å²) in [5.41, 5.74) is 1.10. The molecule has 2 heteroatoms. The van der Waals surface area contributed by atoms with Crippen LogP contribution in [-0.4, -0.2) is 19.0 Å². The molecule has 0 aliphatic heterocycles. The Bertz CT molecular complexity index is 186. The Morgan fingerprint density at radius 1 is 1.45 bits per heavy atom. The Hall–Kier alpha value is -0.630. The normalized spacial score (nSPS) is 13.1. The van der Waals surface area contributed by atoms with Gasteiger partial charge in [-0.15, -0.1) is 12.6 Å². The third-order valence-electron chi connectivity index (χ3n) is 1.16. The van der Waals surface area contributed by atoms with Crippen molar-refractivity contribution in [1.82, 2.24) is 4.90 Å². The summed E-state index contributed by atoms with van der Waals surface area (Å²) in [7, 11) is 3.98. The molecule has 0 aromatic rings. The van der Waals surface area contributed by atoms with Crippen LogP contribution in [0, 0.1) is 0 Å². The highest BCUT2D eigenvalue weighted by molar-refractivity contribution is 7.84. The average molecular weight is 169 g/mol. The van der Waals surface area contributed by atoms with Gasteiger partial charge in [0.15, 0.2) is 0 Å². The van der Waals surface area contributed by atoms with Crippen LogP contribution in [0.2, 0.25) is 0 Å². The Labute approximate surface area is 74.5 Å². The zero-order valence-electron chi connectivity index (χ0n) is 7.33. The van der Waals surface area contributed by atoms with E-state index in [9.17, 15) is 0 Å². The highest BCUT2D eigenvalue weighted by Crippen LogP contribution is 2.07. The van der Waals surface area contributed by atoms with Crippen molar-refractivity contribution in [3.8, 4) is 0 Å². The summed E-state index contributed by atoms with van der Waals surface area (Å²) in [6.07, 6.45) is 5.70. The van der Waals surface area contributed by atoms with E-state index in [0.717, 1.165) is 10.6 Å². The number of allylic oxidation sites excluding steroid dienone is 4. The molecule has 0 saturated carbocycles. The predicted octanol–water partition coefficient (Wildman–Crippen LogP) is 2.45. The summed E-state index contributed by atoms with van der Waals surface area (Å²) in [5.74, 6) is 0. The van der Waals surface area contributed by atoms with E-state index in [2.05, 4.69) is 19.2 Å². The second-order valence-corrected chi connectivity index (χ2v) is 3.21. The minimum atomic E-state index is 0.992. The van der Waals surface area contributed by atoms with E-state index < -0.39 is 0 Å². The molecule has 0 radical (unpaired) electrons. The van der Waals surface area contributed by atoms with Crippen molar-refractivity contribution in [2.45, 2.75) is 6.92 Å². The van der Waals surface area contributed by atoms with Crippen LogP contribution in [0.4, 0.5) is 0 Å². The molecule has 1 nitrogen and oxygen atoms in total. The minimum Gasteiger partial charge on any atom is -0.378 e. The van der Waals surface area contributed by atoms with E-state index in [1.54, 1.807) is 6.08 Å². The highest BCUT2D eigenvalue weighted by atomic mass is 32.1. The molecule has 0 aromatic carbocycles. The Balaban J connectivity index is 4.49. The lowest BCUT2D eigenvalue weighted by Crippen LogP contribution is -2.08. The SMILES string of the molecule is C=C/C=C(\C=C(/C)S)N(C)C. The monoisotopic (exact) mass is 169 g/mol. The molecule has 62 valence electrons. The van der Waals surface area contributed by atoms with Gasteiger partial charge in [-0.3, -0.25) is 0 Å². The molecule has 0 aliphatic rings. The first-order chi connectivity index (χ1) is 5.07. The van der Waals surface area contributed by atoms with Crippen molar-refractivity contribution in [2.24, 2.45) is 0 Å². The summed E-state index contributed by atoms with van der Waals surface area (Å²) in [5, 5.41) is 0. The predicted molar refractivity (Wildman–Crippen MR) is 54.7 cm³/mol. The lowest BCUT2D eigenvalue weighted by Gasteiger charge is -2.13. The van der Waals surface area contributed by atoms with Crippen molar-refractivity contribution in [2.75, 3.05) is 14.1 Å². The average Bonchev–Trinajstić information content (AvgIpc) is 1.86. The van der Waals surface area contributed by atoms with E-state index in [1.165, 1.54) is 0 Å². The molecule has 0 saturated heterocycles. The van der Waals surface area contributed by atoms with Crippen LogP contribution >= 0.6 is 12.6 Å². The second kappa shape index (κ2) is 5.08. The van der Waals surface area contributed by atoms with Crippen molar-refractivity contribution in [1.29, 1.82) is 0 Å². The maximum Gasteiger partial charge on any atom is 0.0368 e. The molecule has 0 N–H and O–H groups in total. The van der Waals surface area contributed by atoms with Gasteiger partial charge in [0.1, 0.15) is 0 Å². The molecule has 0 spiro atoms. The maximum atomic E-state index is 4.18. The van der Waals surface area contributed by atoms with E-state index >= 15 is 0 Å². The fourth-order valence-corrected chi connectivity index (χ4v) is 0.793. The van der Waals surface area contributed by atoms with Gasteiger partial charge in [0.2, 0.25) is 0 Å². The fraction of sp³-hybridized carbons (Fsp3) is 0.333. The maximum absolute atomic E-state index is 4.18. The molecule has 0 aromatic heterocycles. The van der Waals surface area contributed by atoms with Crippen molar-refractivity contribution >= 4 is 12.6 Å². The smallest absolute Gasteiger partial charge is 0.0368 e. The summed E-state index contributed by atoms with van der Waals surface area (Å²) >= 11 is 4.18. The number of nitrogens with zero attached hydrogens (tertiary/aromatic N) is 1. The molecular weight excluding hydrogens is 154 g/mol. The van der Waals surface area contributed by atoms with Gasteiger partial charge in [0.05, 0.1) is 0 Å². The zero-order chi connectivity index (χ0) is 8.85. The van der Waals surface area contributed by atoms with Gasteiger partial charge in [-0.2, -0.15) is 0 Å².